The fourth-order valence-corrected chi connectivity index (χ4v) is 1.88. The standard InChI is InChI=1S/C13H15NO3/c1-3-8(2)9-4-6-10(7-5-9)13(17)11(15)14-12(13)16/h4-8,17H,3H2,1-2H3,(H,14,15,16). The fraction of sp³-hybridized carbons (Fsp3) is 0.385. The van der Waals surface area contributed by atoms with E-state index in [1.54, 1.807) is 12.1 Å². The average Bonchev–Trinajstić information content (AvgIpc) is 2.37. The SMILES string of the molecule is CCC(C)c1ccc(C2(O)C(=O)NC2=O)cc1. The maximum Gasteiger partial charge on any atom is 0.273 e. The Labute approximate surface area is 99.6 Å². The van der Waals surface area contributed by atoms with Crippen LogP contribution in [0.1, 0.15) is 37.3 Å². The van der Waals surface area contributed by atoms with Gasteiger partial charge in [0.2, 0.25) is 5.60 Å². The first kappa shape index (κ1) is 11.8. The number of hydrogen-bond acceptors (Lipinski definition) is 3. The van der Waals surface area contributed by atoms with Crippen LogP contribution < -0.4 is 5.32 Å². The largest absolute Gasteiger partial charge is 0.368 e. The summed E-state index contributed by atoms with van der Waals surface area (Å²) in [6.45, 7) is 4.19. The van der Waals surface area contributed by atoms with Crippen LogP contribution in [0.2, 0.25) is 0 Å². The minimum Gasteiger partial charge on any atom is -0.368 e. The third-order valence-corrected chi connectivity index (χ3v) is 3.39. The molecule has 17 heavy (non-hydrogen) atoms. The zero-order valence-corrected chi connectivity index (χ0v) is 9.86. The number of nitrogens with one attached hydrogen (secondary N) is 1. The first-order valence-corrected chi connectivity index (χ1v) is 5.68. The Hall–Kier alpha value is -1.68. The molecular weight excluding hydrogens is 218 g/mol. The second-order valence-corrected chi connectivity index (χ2v) is 4.42. The molecule has 4 heteroatoms. The van der Waals surface area contributed by atoms with Gasteiger partial charge >= 0.3 is 0 Å². The minimum absolute atomic E-state index is 0.332. The van der Waals surface area contributed by atoms with Crippen LogP contribution in [0, 0.1) is 0 Å². The van der Waals surface area contributed by atoms with Crippen LogP contribution in [-0.4, -0.2) is 16.9 Å². The lowest BCUT2D eigenvalue weighted by molar-refractivity contribution is -0.170. The molecule has 0 spiro atoms. The Morgan fingerprint density at radius 2 is 1.76 bits per heavy atom. The number of benzene rings is 1. The van der Waals surface area contributed by atoms with E-state index in [-0.39, 0.29) is 0 Å². The van der Waals surface area contributed by atoms with Crippen molar-refractivity contribution in [3.63, 3.8) is 0 Å². The first-order valence-electron chi connectivity index (χ1n) is 5.68. The maximum absolute atomic E-state index is 11.3. The summed E-state index contributed by atoms with van der Waals surface area (Å²) in [4.78, 5) is 22.5. The number of amides is 2. The molecule has 2 amide bonds. The highest BCUT2D eigenvalue weighted by atomic mass is 16.3. The summed E-state index contributed by atoms with van der Waals surface area (Å²) in [5.41, 5.74) is -0.515. The molecule has 1 aromatic rings. The van der Waals surface area contributed by atoms with E-state index in [1.165, 1.54) is 0 Å². The summed E-state index contributed by atoms with van der Waals surface area (Å²) in [5.74, 6) is -0.887. The van der Waals surface area contributed by atoms with Gasteiger partial charge in [-0.15, -0.1) is 0 Å². The average molecular weight is 233 g/mol. The number of β-lactam (4-membered cyclic amide) rings is 2. The van der Waals surface area contributed by atoms with Crippen molar-refractivity contribution in [1.29, 1.82) is 0 Å². The lowest BCUT2D eigenvalue weighted by Crippen LogP contribution is -2.67. The van der Waals surface area contributed by atoms with Crippen LogP contribution in [0.25, 0.3) is 0 Å². The van der Waals surface area contributed by atoms with Crippen molar-refractivity contribution in [3.05, 3.63) is 35.4 Å². The number of aliphatic hydroxyl groups is 1. The van der Waals surface area contributed by atoms with Gasteiger partial charge in [-0.1, -0.05) is 38.1 Å². The van der Waals surface area contributed by atoms with Crippen molar-refractivity contribution in [1.82, 2.24) is 5.32 Å². The molecule has 1 atom stereocenters. The Bertz CT molecular complexity index is 450. The molecule has 90 valence electrons. The molecule has 1 heterocycles. The lowest BCUT2D eigenvalue weighted by Gasteiger charge is -2.33. The van der Waals surface area contributed by atoms with E-state index in [0.29, 0.717) is 11.5 Å². The molecule has 1 fully saturated rings. The monoisotopic (exact) mass is 233 g/mol. The highest BCUT2D eigenvalue weighted by Gasteiger charge is 2.55. The molecule has 1 aliphatic rings. The van der Waals surface area contributed by atoms with Gasteiger partial charge in [0.25, 0.3) is 11.8 Å². The van der Waals surface area contributed by atoms with Crippen molar-refractivity contribution in [2.75, 3.05) is 0 Å². The van der Waals surface area contributed by atoms with Crippen molar-refractivity contribution >= 4 is 11.8 Å². The Kier molecular flexibility index (Phi) is 2.75. The summed E-state index contributed by atoms with van der Waals surface area (Å²) >= 11 is 0. The second kappa shape index (κ2) is 3.96. The molecule has 0 saturated carbocycles. The first-order chi connectivity index (χ1) is 8.00. The van der Waals surface area contributed by atoms with Gasteiger partial charge in [0.15, 0.2) is 0 Å². The predicted octanol–water partition coefficient (Wildman–Crippen LogP) is 1.04. The van der Waals surface area contributed by atoms with Gasteiger partial charge in [-0.2, -0.15) is 0 Å². The molecule has 0 bridgehead atoms. The molecule has 4 nitrogen and oxygen atoms in total. The van der Waals surface area contributed by atoms with E-state index < -0.39 is 17.4 Å². The van der Waals surface area contributed by atoms with E-state index in [9.17, 15) is 14.7 Å². The molecule has 1 saturated heterocycles. The normalized spacial score (nSPS) is 19.5. The van der Waals surface area contributed by atoms with Crippen molar-refractivity contribution in [3.8, 4) is 0 Å². The van der Waals surface area contributed by atoms with Crippen LogP contribution in [0.3, 0.4) is 0 Å². The van der Waals surface area contributed by atoms with E-state index in [2.05, 4.69) is 13.8 Å². The molecule has 0 aliphatic carbocycles. The zero-order chi connectivity index (χ0) is 12.6. The van der Waals surface area contributed by atoms with Crippen LogP contribution in [-0.2, 0) is 15.2 Å². The van der Waals surface area contributed by atoms with Gasteiger partial charge in [0, 0.05) is 5.56 Å². The molecule has 2 rings (SSSR count). The molecule has 1 unspecified atom stereocenters. The summed E-state index contributed by atoms with van der Waals surface area (Å²) in [5, 5.41) is 12.0. The van der Waals surface area contributed by atoms with Crippen LogP contribution in [0.15, 0.2) is 24.3 Å². The summed E-state index contributed by atoms with van der Waals surface area (Å²) in [6, 6.07) is 6.97. The number of imide groups is 1. The molecule has 2 N–H and O–H groups in total. The zero-order valence-electron chi connectivity index (χ0n) is 9.86. The summed E-state index contributed by atoms with van der Waals surface area (Å²) in [6.07, 6.45) is 1.02. The third-order valence-electron chi connectivity index (χ3n) is 3.39. The Morgan fingerprint density at radius 3 is 2.18 bits per heavy atom. The Morgan fingerprint density at radius 1 is 1.24 bits per heavy atom. The van der Waals surface area contributed by atoms with Gasteiger partial charge in [0.05, 0.1) is 0 Å². The van der Waals surface area contributed by atoms with Crippen molar-refractivity contribution in [2.24, 2.45) is 0 Å². The van der Waals surface area contributed by atoms with E-state index in [1.807, 2.05) is 17.4 Å². The number of carbonyl (C=O) groups is 2. The predicted molar refractivity (Wildman–Crippen MR) is 62.2 cm³/mol. The molecular formula is C13H15NO3. The van der Waals surface area contributed by atoms with E-state index >= 15 is 0 Å². The summed E-state index contributed by atoms with van der Waals surface area (Å²) < 4.78 is 0. The maximum atomic E-state index is 11.3. The minimum atomic E-state index is -1.98. The van der Waals surface area contributed by atoms with Crippen LogP contribution in [0.4, 0.5) is 0 Å². The van der Waals surface area contributed by atoms with E-state index in [0.717, 1.165) is 12.0 Å². The highest BCUT2D eigenvalue weighted by Crippen LogP contribution is 2.29. The van der Waals surface area contributed by atoms with Gasteiger partial charge in [-0.3, -0.25) is 14.9 Å². The van der Waals surface area contributed by atoms with Crippen LogP contribution >= 0.6 is 0 Å². The molecule has 0 aromatic heterocycles. The summed E-state index contributed by atoms with van der Waals surface area (Å²) in [7, 11) is 0. The van der Waals surface area contributed by atoms with Crippen LogP contribution in [0.5, 0.6) is 0 Å². The van der Waals surface area contributed by atoms with E-state index in [4.69, 9.17) is 0 Å². The second-order valence-electron chi connectivity index (χ2n) is 4.42. The fourth-order valence-electron chi connectivity index (χ4n) is 1.88. The lowest BCUT2D eigenvalue weighted by atomic mass is 9.85. The molecule has 1 aliphatic heterocycles. The van der Waals surface area contributed by atoms with Gasteiger partial charge in [-0.05, 0) is 17.9 Å². The van der Waals surface area contributed by atoms with Crippen molar-refractivity contribution in [2.45, 2.75) is 31.8 Å². The smallest absolute Gasteiger partial charge is 0.273 e. The van der Waals surface area contributed by atoms with Gasteiger partial charge < -0.3 is 5.11 Å². The number of rotatable bonds is 3. The quantitative estimate of drug-likeness (QED) is 0.605. The van der Waals surface area contributed by atoms with Gasteiger partial charge in [-0.25, -0.2) is 0 Å². The molecule has 1 aromatic carbocycles. The number of hydrogen-bond donors (Lipinski definition) is 2. The molecule has 0 radical (unpaired) electrons. The Balaban J connectivity index is 2.30. The number of carbonyl (C=O) groups excluding carboxylic acids is 2. The third kappa shape index (κ3) is 1.65. The topological polar surface area (TPSA) is 66.4 Å². The van der Waals surface area contributed by atoms with Gasteiger partial charge in [0.1, 0.15) is 0 Å². The van der Waals surface area contributed by atoms with Crippen molar-refractivity contribution < 1.29 is 14.7 Å². The highest BCUT2D eigenvalue weighted by molar-refractivity contribution is 6.24.